The van der Waals surface area contributed by atoms with Crippen LogP contribution in [-0.4, -0.2) is 28.9 Å². The molecule has 1 amide bonds. The third-order valence-electron chi connectivity index (χ3n) is 3.54. The lowest BCUT2D eigenvalue weighted by molar-refractivity contribution is -0.0666. The minimum absolute atomic E-state index is 0.0123. The first-order chi connectivity index (χ1) is 8.92. The number of carbonyl (C=O) groups is 1. The van der Waals surface area contributed by atoms with Gasteiger partial charge < -0.3 is 9.47 Å². The van der Waals surface area contributed by atoms with E-state index in [9.17, 15) is 4.79 Å². The van der Waals surface area contributed by atoms with E-state index in [1.54, 1.807) is 4.90 Å². The molecule has 0 radical (unpaired) electrons. The Kier molecular flexibility index (Phi) is 3.80. The summed E-state index contributed by atoms with van der Waals surface area (Å²) in [5, 5.41) is 0. The minimum Gasteiger partial charge on any atom is -0.444 e. The van der Waals surface area contributed by atoms with Gasteiger partial charge in [-0.05, 0) is 33.3 Å². The molecule has 0 aliphatic carbocycles. The Morgan fingerprint density at radius 2 is 1.95 bits per heavy atom. The van der Waals surface area contributed by atoms with Crippen LogP contribution < -0.4 is 0 Å². The number of hydrogen-bond donors (Lipinski definition) is 0. The Hall–Kier alpha value is -1.55. The van der Waals surface area contributed by atoms with Gasteiger partial charge in [-0.15, -0.1) is 0 Å². The van der Waals surface area contributed by atoms with Gasteiger partial charge in [0.1, 0.15) is 12.3 Å². The first-order valence-corrected chi connectivity index (χ1v) is 6.59. The van der Waals surface area contributed by atoms with Gasteiger partial charge in [0, 0.05) is 0 Å². The molecule has 104 valence electrons. The number of amides is 1. The van der Waals surface area contributed by atoms with E-state index in [-0.39, 0.29) is 24.8 Å². The van der Waals surface area contributed by atoms with Gasteiger partial charge in [-0.3, -0.25) is 4.90 Å². The molecule has 19 heavy (non-hydrogen) atoms. The minimum atomic E-state index is -0.618. The van der Waals surface area contributed by atoms with E-state index in [2.05, 4.69) is 0 Å². The average molecular weight is 263 g/mol. The molecule has 4 heteroatoms. The molecule has 1 aromatic rings. The predicted octanol–water partition coefficient (Wildman–Crippen LogP) is 3.17. The van der Waals surface area contributed by atoms with E-state index in [0.717, 1.165) is 5.56 Å². The number of hydrogen-bond acceptors (Lipinski definition) is 3. The van der Waals surface area contributed by atoms with Crippen LogP contribution in [0.3, 0.4) is 0 Å². The van der Waals surface area contributed by atoms with Crippen molar-refractivity contribution in [1.82, 2.24) is 4.90 Å². The summed E-state index contributed by atoms with van der Waals surface area (Å²) >= 11 is 0. The van der Waals surface area contributed by atoms with Gasteiger partial charge in [-0.1, -0.05) is 30.3 Å². The van der Waals surface area contributed by atoms with Crippen LogP contribution in [0.15, 0.2) is 30.3 Å². The quantitative estimate of drug-likeness (QED) is 0.822. The summed E-state index contributed by atoms with van der Waals surface area (Å²) in [6.45, 7) is 8.00. The molecule has 1 aliphatic rings. The Balaban J connectivity index is 2.00. The lowest BCUT2D eigenvalue weighted by Gasteiger charge is -2.31. The van der Waals surface area contributed by atoms with Crippen molar-refractivity contribution in [3.05, 3.63) is 35.9 Å². The van der Waals surface area contributed by atoms with Crippen LogP contribution in [0.2, 0.25) is 0 Å². The van der Waals surface area contributed by atoms with Gasteiger partial charge in [0.2, 0.25) is 0 Å². The molecule has 0 aromatic heterocycles. The third kappa shape index (κ3) is 2.89. The number of ether oxygens (including phenoxy) is 2. The Morgan fingerprint density at radius 1 is 1.32 bits per heavy atom. The smallest absolute Gasteiger partial charge is 0.412 e. The highest BCUT2D eigenvalue weighted by molar-refractivity contribution is 5.69. The fourth-order valence-electron chi connectivity index (χ4n) is 2.49. The maximum atomic E-state index is 12.2. The maximum absolute atomic E-state index is 12.2. The van der Waals surface area contributed by atoms with Crippen LogP contribution in [0.25, 0.3) is 0 Å². The molecule has 0 saturated carbocycles. The second kappa shape index (κ2) is 5.21. The van der Waals surface area contributed by atoms with Crippen molar-refractivity contribution in [2.75, 3.05) is 0 Å². The second-order valence-electron chi connectivity index (χ2n) is 5.42. The largest absolute Gasteiger partial charge is 0.444 e. The predicted molar refractivity (Wildman–Crippen MR) is 72.6 cm³/mol. The molecule has 1 aromatic carbocycles. The summed E-state index contributed by atoms with van der Waals surface area (Å²) in [6.07, 6.45) is -0.315. The van der Waals surface area contributed by atoms with Crippen molar-refractivity contribution >= 4 is 6.09 Å². The summed E-state index contributed by atoms with van der Waals surface area (Å²) in [5.41, 5.74) is 0.363. The fraction of sp³-hybridized carbons (Fsp3) is 0.533. The van der Waals surface area contributed by atoms with E-state index < -0.39 is 5.72 Å². The van der Waals surface area contributed by atoms with Crippen LogP contribution in [0.1, 0.15) is 33.3 Å². The summed E-state index contributed by atoms with van der Waals surface area (Å²) in [6, 6.07) is 9.67. The van der Waals surface area contributed by atoms with Crippen molar-refractivity contribution < 1.29 is 14.3 Å². The molecule has 0 N–H and O–H groups in total. The van der Waals surface area contributed by atoms with Crippen molar-refractivity contribution in [2.45, 2.75) is 52.2 Å². The van der Waals surface area contributed by atoms with E-state index in [0.29, 0.717) is 0 Å². The molecule has 2 atom stereocenters. The van der Waals surface area contributed by atoms with Crippen molar-refractivity contribution in [2.24, 2.45) is 0 Å². The van der Waals surface area contributed by atoms with Gasteiger partial charge in [0.15, 0.2) is 0 Å². The molecular formula is C15H21NO3. The topological polar surface area (TPSA) is 38.8 Å². The number of rotatable bonds is 2. The molecule has 0 bridgehead atoms. The monoisotopic (exact) mass is 263 g/mol. The van der Waals surface area contributed by atoms with Crippen molar-refractivity contribution in [3.63, 3.8) is 0 Å². The maximum Gasteiger partial charge on any atom is 0.412 e. The molecule has 1 aliphatic heterocycles. The molecule has 0 spiro atoms. The Bertz CT molecular complexity index is 444. The zero-order valence-electron chi connectivity index (χ0n) is 11.9. The third-order valence-corrected chi connectivity index (χ3v) is 3.54. The first kappa shape index (κ1) is 13.9. The lowest BCUT2D eigenvalue weighted by Crippen LogP contribution is -2.47. The van der Waals surface area contributed by atoms with Crippen molar-refractivity contribution in [1.29, 1.82) is 0 Å². The fourth-order valence-corrected chi connectivity index (χ4v) is 2.49. The van der Waals surface area contributed by atoms with Crippen LogP contribution in [0, 0.1) is 0 Å². The standard InChI is InChI=1S/C15H21NO3/c1-11-12(2)19-15(3,4)16(11)14(17)18-10-13-8-6-5-7-9-13/h5-9,11-12H,10H2,1-4H3/t11-,12-/m1/s1. The highest BCUT2D eigenvalue weighted by Gasteiger charge is 2.46. The van der Waals surface area contributed by atoms with E-state index in [4.69, 9.17) is 9.47 Å². The molecule has 1 fully saturated rings. The van der Waals surface area contributed by atoms with Crippen LogP contribution in [0.5, 0.6) is 0 Å². The SMILES string of the molecule is C[C@@H]1[C@@H](C)OC(C)(C)N1C(=O)OCc1ccccc1. The van der Waals surface area contributed by atoms with Gasteiger partial charge in [-0.2, -0.15) is 0 Å². The molecule has 2 rings (SSSR count). The van der Waals surface area contributed by atoms with E-state index in [1.807, 2.05) is 58.0 Å². The number of carbonyl (C=O) groups excluding carboxylic acids is 1. The average Bonchev–Trinajstić information content (AvgIpc) is 2.57. The van der Waals surface area contributed by atoms with E-state index in [1.165, 1.54) is 0 Å². The molecule has 4 nitrogen and oxygen atoms in total. The zero-order chi connectivity index (χ0) is 14.0. The van der Waals surface area contributed by atoms with Gasteiger partial charge in [0.25, 0.3) is 0 Å². The van der Waals surface area contributed by atoms with Crippen LogP contribution in [0.4, 0.5) is 4.79 Å². The number of benzene rings is 1. The molecule has 1 heterocycles. The van der Waals surface area contributed by atoms with Crippen LogP contribution in [-0.2, 0) is 16.1 Å². The van der Waals surface area contributed by atoms with Gasteiger partial charge in [-0.25, -0.2) is 4.79 Å². The second-order valence-corrected chi connectivity index (χ2v) is 5.42. The Morgan fingerprint density at radius 3 is 2.47 bits per heavy atom. The van der Waals surface area contributed by atoms with E-state index >= 15 is 0 Å². The summed E-state index contributed by atoms with van der Waals surface area (Å²) < 4.78 is 11.1. The Labute approximate surface area is 114 Å². The highest BCUT2D eigenvalue weighted by Crippen LogP contribution is 2.32. The van der Waals surface area contributed by atoms with Crippen molar-refractivity contribution in [3.8, 4) is 0 Å². The molecular weight excluding hydrogens is 242 g/mol. The summed E-state index contributed by atoms with van der Waals surface area (Å²) in [5.74, 6) is 0. The zero-order valence-corrected chi connectivity index (χ0v) is 11.9. The van der Waals surface area contributed by atoms with Gasteiger partial charge >= 0.3 is 6.09 Å². The lowest BCUT2D eigenvalue weighted by atomic mass is 10.2. The summed E-state index contributed by atoms with van der Waals surface area (Å²) in [7, 11) is 0. The summed E-state index contributed by atoms with van der Waals surface area (Å²) in [4.78, 5) is 13.9. The van der Waals surface area contributed by atoms with Crippen LogP contribution >= 0.6 is 0 Å². The molecule has 0 unspecified atom stereocenters. The normalized spacial score (nSPS) is 25.4. The highest BCUT2D eigenvalue weighted by atomic mass is 16.6. The van der Waals surface area contributed by atoms with Gasteiger partial charge in [0.05, 0.1) is 12.1 Å². The first-order valence-electron chi connectivity index (χ1n) is 6.59. The number of nitrogens with zero attached hydrogens (tertiary/aromatic N) is 1. The molecule has 1 saturated heterocycles.